The van der Waals surface area contributed by atoms with Gasteiger partial charge >= 0.3 is 0 Å². The van der Waals surface area contributed by atoms with Gasteiger partial charge in [0.25, 0.3) is 0 Å². The van der Waals surface area contributed by atoms with Gasteiger partial charge in [0.05, 0.1) is 0 Å². The van der Waals surface area contributed by atoms with Gasteiger partial charge in [0, 0.05) is 38.5 Å². The highest BCUT2D eigenvalue weighted by Crippen LogP contribution is 2.17. The van der Waals surface area contributed by atoms with Crippen LogP contribution in [0, 0.1) is 5.92 Å². The summed E-state index contributed by atoms with van der Waals surface area (Å²) >= 11 is 0. The summed E-state index contributed by atoms with van der Waals surface area (Å²) in [5.41, 5.74) is 1.43. The largest absolute Gasteiger partial charge is 0.313 e. The number of allylic oxidation sites excluding steroid dienone is 2. The first-order chi connectivity index (χ1) is 10.5. The first kappa shape index (κ1) is 17.2. The van der Waals surface area contributed by atoms with Crippen molar-refractivity contribution in [3.05, 3.63) is 23.3 Å². The standard InChI is InChI=1S/C18H32N4/c1-14(2)7-6-8-16(5)13-21-10-9-17-19-20-18(15(3)4)22(17)12-11-21/h7,15-16H,6,8-13H2,1-5H3. The Bertz CT molecular complexity index is 497. The average molecular weight is 304 g/mol. The molecule has 0 fully saturated rings. The van der Waals surface area contributed by atoms with Gasteiger partial charge in [-0.2, -0.15) is 0 Å². The van der Waals surface area contributed by atoms with Gasteiger partial charge < -0.3 is 9.47 Å². The molecule has 1 unspecified atom stereocenters. The Kier molecular flexibility index (Phi) is 6.18. The predicted octanol–water partition coefficient (Wildman–Crippen LogP) is 3.64. The Hall–Kier alpha value is -1.16. The summed E-state index contributed by atoms with van der Waals surface area (Å²) < 4.78 is 2.35. The maximum atomic E-state index is 4.40. The molecule has 0 N–H and O–H groups in total. The molecule has 1 aliphatic rings. The smallest absolute Gasteiger partial charge is 0.135 e. The molecule has 1 aromatic heterocycles. The van der Waals surface area contributed by atoms with Crippen LogP contribution < -0.4 is 0 Å². The van der Waals surface area contributed by atoms with Crippen LogP contribution in [0.15, 0.2) is 11.6 Å². The number of hydrogen-bond donors (Lipinski definition) is 0. The summed E-state index contributed by atoms with van der Waals surface area (Å²) in [4.78, 5) is 2.60. The minimum absolute atomic E-state index is 0.454. The second-order valence-corrected chi connectivity index (χ2v) is 7.30. The van der Waals surface area contributed by atoms with Crippen LogP contribution >= 0.6 is 0 Å². The number of nitrogens with zero attached hydrogens (tertiary/aromatic N) is 4. The van der Waals surface area contributed by atoms with E-state index in [1.807, 2.05) is 0 Å². The van der Waals surface area contributed by atoms with Crippen LogP contribution in [0.5, 0.6) is 0 Å². The molecule has 1 aromatic rings. The Morgan fingerprint density at radius 2 is 1.91 bits per heavy atom. The Labute approximate surface area is 135 Å². The zero-order chi connectivity index (χ0) is 16.1. The summed E-state index contributed by atoms with van der Waals surface area (Å²) in [7, 11) is 0. The minimum Gasteiger partial charge on any atom is -0.313 e. The molecule has 0 radical (unpaired) electrons. The van der Waals surface area contributed by atoms with Crippen molar-refractivity contribution in [3.63, 3.8) is 0 Å². The topological polar surface area (TPSA) is 34.0 Å². The summed E-state index contributed by atoms with van der Waals surface area (Å²) in [6.45, 7) is 15.6. The normalized spacial score (nSPS) is 17.2. The van der Waals surface area contributed by atoms with Crippen molar-refractivity contribution in [3.8, 4) is 0 Å². The van der Waals surface area contributed by atoms with Crippen LogP contribution in [0.4, 0.5) is 0 Å². The van der Waals surface area contributed by atoms with Crippen molar-refractivity contribution in [1.29, 1.82) is 0 Å². The number of hydrogen-bond acceptors (Lipinski definition) is 3. The van der Waals surface area contributed by atoms with E-state index >= 15 is 0 Å². The lowest BCUT2D eigenvalue weighted by Gasteiger charge is -2.23. The van der Waals surface area contributed by atoms with Gasteiger partial charge in [0.2, 0.25) is 0 Å². The first-order valence-electron chi connectivity index (χ1n) is 8.75. The van der Waals surface area contributed by atoms with Crippen molar-refractivity contribution >= 4 is 0 Å². The third kappa shape index (κ3) is 4.67. The SMILES string of the molecule is CC(C)=CCCC(C)CN1CCc2nnc(C(C)C)n2CC1. The fourth-order valence-electron chi connectivity index (χ4n) is 3.19. The molecule has 1 aliphatic heterocycles. The second kappa shape index (κ2) is 7.91. The van der Waals surface area contributed by atoms with Gasteiger partial charge in [-0.15, -0.1) is 10.2 Å². The monoisotopic (exact) mass is 304 g/mol. The predicted molar refractivity (Wildman–Crippen MR) is 92.1 cm³/mol. The van der Waals surface area contributed by atoms with Crippen LogP contribution in [0.25, 0.3) is 0 Å². The number of fused-ring (bicyclic) bond motifs is 1. The molecule has 124 valence electrons. The summed E-state index contributed by atoms with van der Waals surface area (Å²) in [6, 6.07) is 0. The molecule has 0 bridgehead atoms. The molecule has 0 spiro atoms. The Morgan fingerprint density at radius 1 is 1.14 bits per heavy atom. The maximum absolute atomic E-state index is 4.40. The van der Waals surface area contributed by atoms with E-state index in [0.717, 1.165) is 37.8 Å². The summed E-state index contributed by atoms with van der Waals surface area (Å²) in [5, 5.41) is 8.77. The minimum atomic E-state index is 0.454. The lowest BCUT2D eigenvalue weighted by molar-refractivity contribution is 0.236. The lowest BCUT2D eigenvalue weighted by atomic mass is 10.0. The van der Waals surface area contributed by atoms with Crippen LogP contribution in [0.2, 0.25) is 0 Å². The van der Waals surface area contributed by atoms with Gasteiger partial charge in [-0.1, -0.05) is 32.4 Å². The number of aromatic nitrogens is 3. The van der Waals surface area contributed by atoms with Gasteiger partial charge in [-0.25, -0.2) is 0 Å². The van der Waals surface area contributed by atoms with E-state index in [2.05, 4.69) is 60.4 Å². The van der Waals surface area contributed by atoms with Gasteiger partial charge in [-0.05, 0) is 32.6 Å². The zero-order valence-electron chi connectivity index (χ0n) is 15.0. The molecule has 4 heteroatoms. The van der Waals surface area contributed by atoms with E-state index in [1.54, 1.807) is 0 Å². The van der Waals surface area contributed by atoms with Gasteiger partial charge in [0.15, 0.2) is 0 Å². The average Bonchev–Trinajstić information content (AvgIpc) is 2.75. The highest BCUT2D eigenvalue weighted by atomic mass is 15.3. The lowest BCUT2D eigenvalue weighted by Crippen LogP contribution is -2.31. The molecule has 0 saturated heterocycles. The summed E-state index contributed by atoms with van der Waals surface area (Å²) in [5.74, 6) is 3.52. The van der Waals surface area contributed by atoms with E-state index in [1.165, 1.54) is 30.8 Å². The van der Waals surface area contributed by atoms with Crippen LogP contribution in [-0.4, -0.2) is 39.3 Å². The molecule has 2 heterocycles. The molecule has 0 aromatic carbocycles. The van der Waals surface area contributed by atoms with Crippen LogP contribution in [0.3, 0.4) is 0 Å². The molecule has 4 nitrogen and oxygen atoms in total. The van der Waals surface area contributed by atoms with E-state index in [9.17, 15) is 0 Å². The zero-order valence-corrected chi connectivity index (χ0v) is 15.0. The van der Waals surface area contributed by atoms with E-state index < -0.39 is 0 Å². The van der Waals surface area contributed by atoms with Gasteiger partial charge in [0.1, 0.15) is 11.6 Å². The van der Waals surface area contributed by atoms with E-state index in [0.29, 0.717) is 5.92 Å². The van der Waals surface area contributed by atoms with E-state index in [-0.39, 0.29) is 0 Å². The highest BCUT2D eigenvalue weighted by Gasteiger charge is 2.20. The quantitative estimate of drug-likeness (QED) is 0.752. The molecule has 22 heavy (non-hydrogen) atoms. The van der Waals surface area contributed by atoms with Crippen molar-refractivity contribution in [2.45, 2.75) is 66.3 Å². The van der Waals surface area contributed by atoms with Gasteiger partial charge in [-0.3, -0.25) is 0 Å². The third-order valence-corrected chi connectivity index (χ3v) is 4.45. The van der Waals surface area contributed by atoms with Crippen LogP contribution in [-0.2, 0) is 13.0 Å². The van der Waals surface area contributed by atoms with E-state index in [4.69, 9.17) is 0 Å². The van der Waals surface area contributed by atoms with Crippen molar-refractivity contribution in [1.82, 2.24) is 19.7 Å². The van der Waals surface area contributed by atoms with Crippen molar-refractivity contribution in [2.24, 2.45) is 5.92 Å². The molecule has 0 amide bonds. The Balaban J connectivity index is 1.86. The Morgan fingerprint density at radius 3 is 2.59 bits per heavy atom. The second-order valence-electron chi connectivity index (χ2n) is 7.30. The molecule has 0 saturated carbocycles. The highest BCUT2D eigenvalue weighted by molar-refractivity contribution is 5.02. The molecular formula is C18H32N4. The first-order valence-corrected chi connectivity index (χ1v) is 8.75. The molecule has 1 atom stereocenters. The fraction of sp³-hybridized carbons (Fsp3) is 0.778. The fourth-order valence-corrected chi connectivity index (χ4v) is 3.19. The number of rotatable bonds is 6. The van der Waals surface area contributed by atoms with Crippen molar-refractivity contribution < 1.29 is 0 Å². The van der Waals surface area contributed by atoms with Crippen molar-refractivity contribution in [2.75, 3.05) is 19.6 Å². The van der Waals surface area contributed by atoms with Crippen LogP contribution in [0.1, 0.15) is 65.0 Å². The summed E-state index contributed by atoms with van der Waals surface area (Å²) in [6.07, 6.45) is 5.88. The molecule has 2 rings (SSSR count). The molecule has 0 aliphatic carbocycles. The maximum Gasteiger partial charge on any atom is 0.135 e. The third-order valence-electron chi connectivity index (χ3n) is 4.45. The molecular weight excluding hydrogens is 272 g/mol.